The van der Waals surface area contributed by atoms with Gasteiger partial charge in [0.05, 0.1) is 20.2 Å². The zero-order valence-corrected chi connectivity index (χ0v) is 14.4. The zero-order valence-electron chi connectivity index (χ0n) is 14.4. The van der Waals surface area contributed by atoms with Crippen LogP contribution in [0.5, 0.6) is 5.75 Å². The molecule has 0 spiro atoms. The highest BCUT2D eigenvalue weighted by Gasteiger charge is 2.14. The maximum atomic E-state index is 12.1. The normalized spacial score (nSPS) is 11.9. The molecule has 6 nitrogen and oxygen atoms in total. The maximum absolute atomic E-state index is 12.1. The molecule has 1 atom stereocenters. The molecule has 2 amide bonds. The van der Waals surface area contributed by atoms with Crippen LogP contribution in [0.4, 0.5) is 5.69 Å². The van der Waals surface area contributed by atoms with Crippen molar-refractivity contribution >= 4 is 17.5 Å². The lowest BCUT2D eigenvalue weighted by atomic mass is 10.2. The molecule has 0 saturated carbocycles. The van der Waals surface area contributed by atoms with Gasteiger partial charge >= 0.3 is 0 Å². The number of carbonyl (C=O) groups is 2. The Morgan fingerprint density at radius 2 is 1.74 bits per heavy atom. The molecule has 0 aliphatic heterocycles. The number of benzene rings is 1. The Kier molecular flexibility index (Phi) is 8.11. The van der Waals surface area contributed by atoms with Crippen molar-refractivity contribution in [1.29, 1.82) is 0 Å². The lowest BCUT2D eigenvalue weighted by Crippen LogP contribution is -2.43. The Labute approximate surface area is 138 Å². The molecule has 0 radical (unpaired) electrons. The molecular formula is C17H27N3O3. The minimum Gasteiger partial charge on any atom is -0.497 e. The number of likely N-dealkylation sites (N-methyl/N-ethyl adjacent to an activating group) is 1. The van der Waals surface area contributed by atoms with E-state index in [1.807, 2.05) is 20.8 Å². The second kappa shape index (κ2) is 9.84. The minimum absolute atomic E-state index is 0.0570. The van der Waals surface area contributed by atoms with Gasteiger partial charge in [0.15, 0.2) is 0 Å². The fourth-order valence-electron chi connectivity index (χ4n) is 1.98. The number of hydrogen-bond donors (Lipinski definition) is 2. The topological polar surface area (TPSA) is 70.7 Å². The quantitative estimate of drug-likeness (QED) is 0.728. The van der Waals surface area contributed by atoms with E-state index in [1.165, 1.54) is 0 Å². The Balaban J connectivity index is 2.47. The van der Waals surface area contributed by atoms with Crippen molar-refractivity contribution in [2.45, 2.75) is 33.2 Å². The molecule has 2 N–H and O–H groups in total. The van der Waals surface area contributed by atoms with Gasteiger partial charge in [-0.25, -0.2) is 0 Å². The highest BCUT2D eigenvalue weighted by atomic mass is 16.5. The van der Waals surface area contributed by atoms with Gasteiger partial charge in [0.25, 0.3) is 0 Å². The summed E-state index contributed by atoms with van der Waals surface area (Å²) >= 11 is 0. The standard InChI is InChI=1S/C17H27N3O3/c1-5-13(3)18-16(21)11-20(6-2)12-17(22)19-14-7-9-15(23-4)10-8-14/h7-10,13H,5-6,11-12H2,1-4H3,(H,18,21)(H,19,22)/t13-/m1/s1. The van der Waals surface area contributed by atoms with E-state index in [0.717, 1.165) is 12.2 Å². The van der Waals surface area contributed by atoms with Gasteiger partial charge < -0.3 is 15.4 Å². The minimum atomic E-state index is -0.145. The van der Waals surface area contributed by atoms with E-state index in [0.29, 0.717) is 12.2 Å². The van der Waals surface area contributed by atoms with Crippen LogP contribution in [0.1, 0.15) is 27.2 Å². The lowest BCUT2D eigenvalue weighted by molar-refractivity contribution is -0.123. The number of carbonyl (C=O) groups excluding carboxylic acids is 2. The Bertz CT molecular complexity index is 502. The molecule has 0 unspecified atom stereocenters. The first-order chi connectivity index (χ1) is 11.0. The van der Waals surface area contributed by atoms with E-state index in [2.05, 4.69) is 10.6 Å². The predicted octanol–water partition coefficient (Wildman–Crippen LogP) is 1.87. The molecule has 0 heterocycles. The van der Waals surface area contributed by atoms with Crippen LogP contribution in [0.2, 0.25) is 0 Å². The smallest absolute Gasteiger partial charge is 0.238 e. The van der Waals surface area contributed by atoms with Crippen molar-refractivity contribution < 1.29 is 14.3 Å². The van der Waals surface area contributed by atoms with Gasteiger partial charge in [-0.1, -0.05) is 13.8 Å². The molecule has 0 bridgehead atoms. The van der Waals surface area contributed by atoms with Crippen LogP contribution in [-0.4, -0.2) is 49.5 Å². The summed E-state index contributed by atoms with van der Waals surface area (Å²) in [4.78, 5) is 25.8. The van der Waals surface area contributed by atoms with E-state index in [1.54, 1.807) is 36.3 Å². The van der Waals surface area contributed by atoms with Gasteiger partial charge in [-0.05, 0) is 44.2 Å². The average Bonchev–Trinajstić information content (AvgIpc) is 2.54. The molecule has 128 valence electrons. The number of methoxy groups -OCH3 is 1. The van der Waals surface area contributed by atoms with Gasteiger partial charge in [-0.3, -0.25) is 14.5 Å². The number of amides is 2. The second-order valence-electron chi connectivity index (χ2n) is 5.46. The molecule has 1 aromatic carbocycles. The first-order valence-electron chi connectivity index (χ1n) is 7.94. The lowest BCUT2D eigenvalue weighted by Gasteiger charge is -2.20. The summed E-state index contributed by atoms with van der Waals surface area (Å²) < 4.78 is 5.08. The number of hydrogen-bond acceptors (Lipinski definition) is 4. The van der Waals surface area contributed by atoms with Crippen LogP contribution in [0.3, 0.4) is 0 Å². The number of anilines is 1. The third-order valence-corrected chi connectivity index (χ3v) is 3.58. The maximum Gasteiger partial charge on any atom is 0.238 e. The highest BCUT2D eigenvalue weighted by Crippen LogP contribution is 2.14. The van der Waals surface area contributed by atoms with Crippen LogP contribution >= 0.6 is 0 Å². The Morgan fingerprint density at radius 3 is 2.26 bits per heavy atom. The van der Waals surface area contributed by atoms with Gasteiger partial charge in [0.2, 0.25) is 11.8 Å². The second-order valence-corrected chi connectivity index (χ2v) is 5.46. The van der Waals surface area contributed by atoms with Gasteiger partial charge in [0, 0.05) is 11.7 Å². The summed E-state index contributed by atoms with van der Waals surface area (Å²) in [5.74, 6) is 0.534. The summed E-state index contributed by atoms with van der Waals surface area (Å²) in [6.07, 6.45) is 0.885. The molecule has 1 rings (SSSR count). The third kappa shape index (κ3) is 7.15. The van der Waals surface area contributed by atoms with Gasteiger partial charge in [-0.15, -0.1) is 0 Å². The molecule has 0 fully saturated rings. The van der Waals surface area contributed by atoms with Crippen molar-refractivity contribution in [1.82, 2.24) is 10.2 Å². The van der Waals surface area contributed by atoms with Crippen LogP contribution < -0.4 is 15.4 Å². The van der Waals surface area contributed by atoms with E-state index in [4.69, 9.17) is 4.74 Å². The van der Waals surface area contributed by atoms with Crippen LogP contribution in [0.25, 0.3) is 0 Å². The molecule has 0 aliphatic rings. The number of nitrogens with zero attached hydrogens (tertiary/aromatic N) is 1. The van der Waals surface area contributed by atoms with Crippen molar-refractivity contribution in [2.24, 2.45) is 0 Å². The van der Waals surface area contributed by atoms with Crippen molar-refractivity contribution in [3.63, 3.8) is 0 Å². The number of nitrogens with one attached hydrogen (secondary N) is 2. The van der Waals surface area contributed by atoms with E-state index in [9.17, 15) is 9.59 Å². The van der Waals surface area contributed by atoms with E-state index < -0.39 is 0 Å². The predicted molar refractivity (Wildman–Crippen MR) is 91.6 cm³/mol. The molecule has 0 aliphatic carbocycles. The molecule has 23 heavy (non-hydrogen) atoms. The van der Waals surface area contributed by atoms with Crippen LogP contribution in [-0.2, 0) is 9.59 Å². The SMILES string of the molecule is CC[C@@H](C)NC(=O)CN(CC)CC(=O)Nc1ccc(OC)cc1. The monoisotopic (exact) mass is 321 g/mol. The molecule has 1 aromatic rings. The molecular weight excluding hydrogens is 294 g/mol. The summed E-state index contributed by atoms with van der Waals surface area (Å²) in [7, 11) is 1.59. The van der Waals surface area contributed by atoms with Crippen molar-refractivity contribution in [3.05, 3.63) is 24.3 Å². The Morgan fingerprint density at radius 1 is 1.13 bits per heavy atom. The zero-order chi connectivity index (χ0) is 17.2. The summed E-state index contributed by atoms with van der Waals surface area (Å²) in [6, 6.07) is 7.28. The summed E-state index contributed by atoms with van der Waals surface area (Å²) in [5.41, 5.74) is 0.705. The first kappa shape index (κ1) is 19.0. The molecule has 0 saturated heterocycles. The fourth-order valence-corrected chi connectivity index (χ4v) is 1.98. The largest absolute Gasteiger partial charge is 0.497 e. The average molecular weight is 321 g/mol. The van der Waals surface area contributed by atoms with E-state index in [-0.39, 0.29) is 30.9 Å². The summed E-state index contributed by atoms with van der Waals surface area (Å²) in [5, 5.41) is 5.72. The number of ether oxygens (including phenoxy) is 1. The molecule has 0 aromatic heterocycles. The van der Waals surface area contributed by atoms with Gasteiger partial charge in [-0.2, -0.15) is 0 Å². The highest BCUT2D eigenvalue weighted by molar-refractivity contribution is 5.92. The van der Waals surface area contributed by atoms with Crippen molar-refractivity contribution in [3.8, 4) is 5.75 Å². The first-order valence-corrected chi connectivity index (χ1v) is 7.94. The molecule has 6 heteroatoms. The summed E-state index contributed by atoms with van der Waals surface area (Å²) in [6.45, 7) is 6.93. The Hall–Kier alpha value is -2.08. The van der Waals surface area contributed by atoms with Crippen LogP contribution in [0, 0.1) is 0 Å². The van der Waals surface area contributed by atoms with Crippen molar-refractivity contribution in [2.75, 3.05) is 32.1 Å². The fraction of sp³-hybridized carbons (Fsp3) is 0.529. The third-order valence-electron chi connectivity index (χ3n) is 3.58. The van der Waals surface area contributed by atoms with Crippen LogP contribution in [0.15, 0.2) is 24.3 Å². The van der Waals surface area contributed by atoms with E-state index >= 15 is 0 Å². The number of rotatable bonds is 9. The van der Waals surface area contributed by atoms with Gasteiger partial charge in [0.1, 0.15) is 5.75 Å².